The molecule has 0 fully saturated rings. The van der Waals surface area contributed by atoms with Gasteiger partial charge in [0.2, 0.25) is 0 Å². The van der Waals surface area contributed by atoms with Gasteiger partial charge in [0.15, 0.2) is 5.65 Å². The summed E-state index contributed by atoms with van der Waals surface area (Å²) in [6.45, 7) is 13.1. The predicted molar refractivity (Wildman–Crippen MR) is 122 cm³/mol. The van der Waals surface area contributed by atoms with Crippen LogP contribution in [-0.2, 0) is 0 Å². The van der Waals surface area contributed by atoms with Gasteiger partial charge in [-0.3, -0.25) is 4.98 Å². The largest absolute Gasteiger partial charge is 0.264 e. The number of rotatable bonds is 5. The number of hydrogen-bond donors (Lipinski definition) is 0. The number of hydrogen-bond acceptors (Lipinski definition) is 4. The average molecular weight is 405 g/mol. The first-order valence-electron chi connectivity index (χ1n) is 10.3. The number of nitrogens with zero attached hydrogens (tertiary/aromatic N) is 4. The standard InChI is InChI=1S/C24H28N4S/c1-7-18(8-2)20-12-14(3)27-28-21(17(6)26-24(20)28)23-16(5)15(4)22(29-23)19-10-9-11-25-13-19/h9-13,18H,7-8H2,1-6H3. The zero-order valence-corrected chi connectivity index (χ0v) is 18.9. The fourth-order valence-corrected chi connectivity index (χ4v) is 5.55. The van der Waals surface area contributed by atoms with E-state index in [-0.39, 0.29) is 0 Å². The first-order valence-corrected chi connectivity index (χ1v) is 11.1. The molecule has 0 amide bonds. The van der Waals surface area contributed by atoms with Crippen molar-refractivity contribution in [1.29, 1.82) is 0 Å². The van der Waals surface area contributed by atoms with E-state index in [4.69, 9.17) is 10.1 Å². The summed E-state index contributed by atoms with van der Waals surface area (Å²) in [5, 5.41) is 4.89. The Morgan fingerprint density at radius 2 is 1.76 bits per heavy atom. The van der Waals surface area contributed by atoms with Crippen molar-refractivity contribution in [3.63, 3.8) is 0 Å². The van der Waals surface area contributed by atoms with Crippen molar-refractivity contribution in [2.45, 2.75) is 60.3 Å². The number of thiophene rings is 1. The lowest BCUT2D eigenvalue weighted by molar-refractivity contribution is 0.638. The SMILES string of the molecule is CCC(CC)c1cc(C)nn2c(-c3sc(-c4cccnc4)c(C)c3C)c(C)nc12. The van der Waals surface area contributed by atoms with E-state index in [9.17, 15) is 0 Å². The topological polar surface area (TPSA) is 43.1 Å². The van der Waals surface area contributed by atoms with Gasteiger partial charge in [-0.1, -0.05) is 19.9 Å². The van der Waals surface area contributed by atoms with Gasteiger partial charge in [0.25, 0.3) is 0 Å². The molecule has 150 valence electrons. The number of aryl methyl sites for hydroxylation is 2. The molecule has 4 aromatic heterocycles. The molecule has 29 heavy (non-hydrogen) atoms. The van der Waals surface area contributed by atoms with Gasteiger partial charge in [0.1, 0.15) is 5.69 Å². The van der Waals surface area contributed by atoms with E-state index in [1.54, 1.807) is 0 Å². The van der Waals surface area contributed by atoms with Crippen LogP contribution in [0, 0.1) is 27.7 Å². The summed E-state index contributed by atoms with van der Waals surface area (Å²) >= 11 is 1.82. The summed E-state index contributed by atoms with van der Waals surface area (Å²) < 4.78 is 2.09. The molecule has 0 saturated heterocycles. The number of imidazole rings is 1. The fraction of sp³-hybridized carbons (Fsp3) is 0.375. The van der Waals surface area contributed by atoms with Crippen LogP contribution in [0.5, 0.6) is 0 Å². The molecule has 0 unspecified atom stereocenters. The van der Waals surface area contributed by atoms with Crippen LogP contribution in [0.1, 0.15) is 60.7 Å². The summed E-state index contributed by atoms with van der Waals surface area (Å²) in [6, 6.07) is 6.34. The van der Waals surface area contributed by atoms with Crippen molar-refractivity contribution >= 4 is 17.0 Å². The average Bonchev–Trinajstić information content (AvgIpc) is 3.19. The van der Waals surface area contributed by atoms with Crippen molar-refractivity contribution in [1.82, 2.24) is 19.6 Å². The van der Waals surface area contributed by atoms with Gasteiger partial charge >= 0.3 is 0 Å². The lowest BCUT2D eigenvalue weighted by Gasteiger charge is -2.14. The maximum Gasteiger partial charge on any atom is 0.158 e. The monoisotopic (exact) mass is 404 g/mol. The van der Waals surface area contributed by atoms with E-state index in [0.29, 0.717) is 5.92 Å². The second kappa shape index (κ2) is 7.71. The number of pyridine rings is 1. The minimum absolute atomic E-state index is 0.506. The van der Waals surface area contributed by atoms with E-state index < -0.39 is 0 Å². The lowest BCUT2D eigenvalue weighted by atomic mass is 9.95. The smallest absolute Gasteiger partial charge is 0.158 e. The second-order valence-electron chi connectivity index (χ2n) is 7.79. The van der Waals surface area contributed by atoms with Crippen LogP contribution in [-0.4, -0.2) is 19.6 Å². The molecule has 0 spiro atoms. The van der Waals surface area contributed by atoms with Crippen molar-refractivity contribution < 1.29 is 0 Å². The van der Waals surface area contributed by atoms with Gasteiger partial charge in [-0.2, -0.15) is 5.10 Å². The minimum atomic E-state index is 0.506. The van der Waals surface area contributed by atoms with Crippen LogP contribution < -0.4 is 0 Å². The highest BCUT2D eigenvalue weighted by Crippen LogP contribution is 2.43. The molecule has 0 saturated carbocycles. The van der Waals surface area contributed by atoms with Gasteiger partial charge in [0.05, 0.1) is 16.3 Å². The first-order chi connectivity index (χ1) is 14.0. The number of fused-ring (bicyclic) bond motifs is 1. The van der Waals surface area contributed by atoms with Crippen LogP contribution in [0.3, 0.4) is 0 Å². The first kappa shape index (κ1) is 19.8. The molecule has 0 radical (unpaired) electrons. The third-order valence-corrected chi connectivity index (χ3v) is 7.37. The Morgan fingerprint density at radius 3 is 2.41 bits per heavy atom. The van der Waals surface area contributed by atoms with E-state index in [0.717, 1.165) is 41.1 Å². The highest BCUT2D eigenvalue weighted by molar-refractivity contribution is 7.19. The van der Waals surface area contributed by atoms with Crippen molar-refractivity contribution in [3.05, 3.63) is 58.7 Å². The molecule has 4 nitrogen and oxygen atoms in total. The highest BCUT2D eigenvalue weighted by Gasteiger charge is 2.23. The third kappa shape index (κ3) is 3.27. The summed E-state index contributed by atoms with van der Waals surface area (Å²) in [4.78, 5) is 11.8. The number of aromatic nitrogens is 4. The highest BCUT2D eigenvalue weighted by atomic mass is 32.1. The quantitative estimate of drug-likeness (QED) is 0.374. The molecule has 5 heteroatoms. The second-order valence-corrected chi connectivity index (χ2v) is 8.81. The molecule has 0 atom stereocenters. The van der Waals surface area contributed by atoms with Crippen LogP contribution in [0.4, 0.5) is 0 Å². The van der Waals surface area contributed by atoms with E-state index in [1.165, 1.54) is 26.4 Å². The molecule has 0 aliphatic rings. The lowest BCUT2D eigenvalue weighted by Crippen LogP contribution is -2.05. The Balaban J connectivity index is 1.97. The zero-order valence-electron chi connectivity index (χ0n) is 18.1. The summed E-state index contributed by atoms with van der Waals surface area (Å²) in [6.07, 6.45) is 5.98. The molecule has 0 aliphatic heterocycles. The van der Waals surface area contributed by atoms with Crippen LogP contribution in [0.15, 0.2) is 30.6 Å². The maximum atomic E-state index is 4.99. The van der Waals surface area contributed by atoms with Gasteiger partial charge in [0, 0.05) is 28.4 Å². The van der Waals surface area contributed by atoms with E-state index in [1.807, 2.05) is 29.8 Å². The van der Waals surface area contributed by atoms with E-state index in [2.05, 4.69) is 63.2 Å². The van der Waals surface area contributed by atoms with Crippen LogP contribution in [0.2, 0.25) is 0 Å². The van der Waals surface area contributed by atoms with E-state index >= 15 is 0 Å². The molecule has 0 aromatic carbocycles. The summed E-state index contributed by atoms with van der Waals surface area (Å²) in [5.41, 5.74) is 9.29. The van der Waals surface area contributed by atoms with Crippen molar-refractivity contribution in [3.8, 4) is 21.0 Å². The predicted octanol–water partition coefficient (Wildman–Crippen LogP) is 6.66. The Hall–Kier alpha value is -2.53. The Morgan fingerprint density at radius 1 is 1.03 bits per heavy atom. The van der Waals surface area contributed by atoms with Gasteiger partial charge in [-0.15, -0.1) is 11.3 Å². The molecule has 0 aliphatic carbocycles. The molecule has 4 heterocycles. The normalized spacial score (nSPS) is 11.7. The van der Waals surface area contributed by atoms with Gasteiger partial charge in [-0.25, -0.2) is 9.50 Å². The molecule has 4 rings (SSSR count). The Kier molecular flexibility index (Phi) is 5.26. The Labute approximate surface area is 176 Å². The minimum Gasteiger partial charge on any atom is -0.264 e. The van der Waals surface area contributed by atoms with Crippen molar-refractivity contribution in [2.75, 3.05) is 0 Å². The molecule has 0 bridgehead atoms. The molecular formula is C24H28N4S. The maximum absolute atomic E-state index is 4.99. The molecular weight excluding hydrogens is 376 g/mol. The molecule has 0 N–H and O–H groups in total. The third-order valence-electron chi connectivity index (χ3n) is 5.92. The van der Waals surface area contributed by atoms with Crippen molar-refractivity contribution in [2.24, 2.45) is 0 Å². The molecule has 4 aromatic rings. The van der Waals surface area contributed by atoms with Crippen LogP contribution in [0.25, 0.3) is 26.7 Å². The zero-order chi connectivity index (χ0) is 20.7. The van der Waals surface area contributed by atoms with Crippen LogP contribution >= 0.6 is 11.3 Å². The Bertz CT molecular complexity index is 1170. The summed E-state index contributed by atoms with van der Waals surface area (Å²) in [7, 11) is 0. The van der Waals surface area contributed by atoms with Gasteiger partial charge in [-0.05, 0) is 69.7 Å². The van der Waals surface area contributed by atoms with Gasteiger partial charge < -0.3 is 0 Å². The summed E-state index contributed by atoms with van der Waals surface area (Å²) in [5.74, 6) is 0.506. The fourth-order valence-electron chi connectivity index (χ4n) is 4.16.